The molecule has 1 atom stereocenters. The third kappa shape index (κ3) is 5.40. The quantitative estimate of drug-likeness (QED) is 0.584. The summed E-state index contributed by atoms with van der Waals surface area (Å²) in [4.78, 5) is 14.3. The zero-order valence-electron chi connectivity index (χ0n) is 18.1. The molecular weight excluding hydrogens is 424 g/mol. The molecule has 0 bridgehead atoms. The summed E-state index contributed by atoms with van der Waals surface area (Å²) in [6, 6.07) is 10.6. The van der Waals surface area contributed by atoms with Crippen LogP contribution in [-0.2, 0) is 10.0 Å². The second-order valence-corrected chi connectivity index (χ2v) is 9.41. The van der Waals surface area contributed by atoms with E-state index in [9.17, 15) is 13.2 Å². The summed E-state index contributed by atoms with van der Waals surface area (Å²) in [5, 5.41) is 2.95. The molecule has 9 heteroatoms. The summed E-state index contributed by atoms with van der Waals surface area (Å²) in [6.07, 6.45) is 3.10. The Kier molecular flexibility index (Phi) is 8.03. The van der Waals surface area contributed by atoms with Crippen LogP contribution < -0.4 is 19.1 Å². The van der Waals surface area contributed by atoms with Crippen molar-refractivity contribution >= 4 is 33.4 Å². The van der Waals surface area contributed by atoms with Crippen molar-refractivity contribution in [3.8, 4) is 11.5 Å². The fourth-order valence-corrected chi connectivity index (χ4v) is 4.48. The Morgan fingerprint density at radius 1 is 1.13 bits per heavy atom. The van der Waals surface area contributed by atoms with E-state index >= 15 is 0 Å². The van der Waals surface area contributed by atoms with Gasteiger partial charge in [0.1, 0.15) is 0 Å². The summed E-state index contributed by atoms with van der Waals surface area (Å²) >= 11 is 1.64. The monoisotopic (exact) mass is 452 g/mol. The number of thioether (sulfide) groups is 1. The van der Waals surface area contributed by atoms with Crippen molar-refractivity contribution in [2.45, 2.75) is 24.8 Å². The van der Waals surface area contributed by atoms with E-state index in [1.54, 1.807) is 18.7 Å². The normalized spacial score (nSPS) is 12.2. The molecule has 30 heavy (non-hydrogen) atoms. The molecule has 1 amide bonds. The fraction of sp³-hybridized carbons (Fsp3) is 0.381. The minimum Gasteiger partial charge on any atom is -0.493 e. The summed E-state index contributed by atoms with van der Waals surface area (Å²) in [5.74, 6) is 0.272. The van der Waals surface area contributed by atoms with E-state index in [2.05, 4.69) is 5.32 Å². The Bertz CT molecular complexity index is 991. The lowest BCUT2D eigenvalue weighted by atomic mass is 10.1. The third-order valence-electron chi connectivity index (χ3n) is 4.67. The van der Waals surface area contributed by atoms with Crippen LogP contribution in [0.3, 0.4) is 0 Å². The molecule has 0 radical (unpaired) electrons. The first-order valence-corrected chi connectivity index (χ1v) is 12.4. The molecule has 1 N–H and O–H groups in total. The number of benzene rings is 2. The Morgan fingerprint density at radius 3 is 2.17 bits per heavy atom. The molecule has 0 saturated heterocycles. The van der Waals surface area contributed by atoms with Crippen molar-refractivity contribution in [3.05, 3.63) is 47.5 Å². The maximum Gasteiger partial charge on any atom is 0.254 e. The number of nitrogens with one attached hydrogen (secondary N) is 1. The molecule has 1 unspecified atom stereocenters. The van der Waals surface area contributed by atoms with Crippen molar-refractivity contribution in [2.75, 3.05) is 37.6 Å². The first kappa shape index (κ1) is 23.9. The highest BCUT2D eigenvalue weighted by Gasteiger charge is 2.26. The van der Waals surface area contributed by atoms with Crippen LogP contribution in [-0.4, -0.2) is 47.6 Å². The number of hydrogen-bond acceptors (Lipinski definition) is 6. The molecule has 2 aromatic carbocycles. The topological polar surface area (TPSA) is 84.9 Å². The molecule has 0 aliphatic carbocycles. The maximum absolute atomic E-state index is 13.2. The van der Waals surface area contributed by atoms with Gasteiger partial charge in [-0.2, -0.15) is 0 Å². The van der Waals surface area contributed by atoms with Gasteiger partial charge in [-0.3, -0.25) is 9.10 Å². The number of rotatable bonds is 9. The molecule has 0 heterocycles. The number of methoxy groups -OCH3 is 2. The van der Waals surface area contributed by atoms with E-state index in [0.717, 1.165) is 16.7 Å². The van der Waals surface area contributed by atoms with Crippen LogP contribution in [0.1, 0.15) is 35.8 Å². The van der Waals surface area contributed by atoms with Crippen LogP contribution in [0.2, 0.25) is 0 Å². The van der Waals surface area contributed by atoms with E-state index in [4.69, 9.17) is 9.47 Å². The van der Waals surface area contributed by atoms with Gasteiger partial charge in [0.05, 0.1) is 37.8 Å². The summed E-state index contributed by atoms with van der Waals surface area (Å²) in [7, 11) is -0.684. The van der Waals surface area contributed by atoms with Crippen LogP contribution in [0.4, 0.5) is 5.69 Å². The Morgan fingerprint density at radius 2 is 1.70 bits per heavy atom. The second kappa shape index (κ2) is 10.1. The zero-order valence-corrected chi connectivity index (χ0v) is 19.7. The van der Waals surface area contributed by atoms with Crippen LogP contribution >= 0.6 is 11.8 Å². The van der Waals surface area contributed by atoms with Gasteiger partial charge in [-0.25, -0.2) is 8.42 Å². The van der Waals surface area contributed by atoms with Gasteiger partial charge in [-0.1, -0.05) is 12.1 Å². The SMILES string of the molecule is CCN(c1cc(OC)c(OC)cc1C(=O)NC(C)c1ccc(SC)cc1)S(C)(=O)=O. The van der Waals surface area contributed by atoms with Gasteiger partial charge in [0, 0.05) is 17.5 Å². The number of ether oxygens (including phenoxy) is 2. The van der Waals surface area contributed by atoms with Crippen LogP contribution in [0, 0.1) is 0 Å². The lowest BCUT2D eigenvalue weighted by Gasteiger charge is -2.25. The molecule has 0 fully saturated rings. The predicted molar refractivity (Wildman–Crippen MR) is 122 cm³/mol. The van der Waals surface area contributed by atoms with Crippen molar-refractivity contribution in [1.29, 1.82) is 0 Å². The van der Waals surface area contributed by atoms with E-state index in [0.29, 0.717) is 11.5 Å². The number of anilines is 1. The van der Waals surface area contributed by atoms with Crippen molar-refractivity contribution in [3.63, 3.8) is 0 Å². The molecule has 0 aromatic heterocycles. The number of hydrogen-bond donors (Lipinski definition) is 1. The number of carbonyl (C=O) groups excluding carboxylic acids is 1. The minimum atomic E-state index is -3.60. The van der Waals surface area contributed by atoms with Gasteiger partial charge < -0.3 is 14.8 Å². The molecule has 0 spiro atoms. The van der Waals surface area contributed by atoms with E-state index in [-0.39, 0.29) is 23.8 Å². The second-order valence-electron chi connectivity index (χ2n) is 6.62. The van der Waals surface area contributed by atoms with Gasteiger partial charge in [-0.05, 0) is 43.9 Å². The Hall–Kier alpha value is -2.39. The summed E-state index contributed by atoms with van der Waals surface area (Å²) < 4.78 is 36.4. The molecule has 0 aliphatic heterocycles. The number of sulfonamides is 1. The standard InChI is InChI=1S/C21H28N2O5S2/c1-7-23(30(6,25)26)18-13-20(28-4)19(27-3)12-17(18)21(24)22-14(2)15-8-10-16(29-5)11-9-15/h8-14H,7H2,1-6H3,(H,22,24). The lowest BCUT2D eigenvalue weighted by molar-refractivity contribution is 0.0940. The average molecular weight is 453 g/mol. The first-order valence-electron chi connectivity index (χ1n) is 9.34. The summed E-state index contributed by atoms with van der Waals surface area (Å²) in [5.41, 5.74) is 1.37. The molecule has 7 nitrogen and oxygen atoms in total. The van der Waals surface area contributed by atoms with Gasteiger partial charge in [0.15, 0.2) is 11.5 Å². The van der Waals surface area contributed by atoms with E-state index in [1.807, 2.05) is 37.4 Å². The third-order valence-corrected chi connectivity index (χ3v) is 6.67. The molecule has 0 saturated carbocycles. The van der Waals surface area contributed by atoms with Gasteiger partial charge in [0.25, 0.3) is 5.91 Å². The van der Waals surface area contributed by atoms with E-state index in [1.165, 1.54) is 30.7 Å². The highest BCUT2D eigenvalue weighted by Crippen LogP contribution is 2.36. The molecule has 2 rings (SSSR count). The van der Waals surface area contributed by atoms with Crippen LogP contribution in [0.5, 0.6) is 11.5 Å². The summed E-state index contributed by atoms with van der Waals surface area (Å²) in [6.45, 7) is 3.75. The lowest BCUT2D eigenvalue weighted by Crippen LogP contribution is -2.33. The number of carbonyl (C=O) groups is 1. The average Bonchev–Trinajstić information content (AvgIpc) is 2.72. The first-order chi connectivity index (χ1) is 14.2. The Labute approximate surface area is 182 Å². The van der Waals surface area contributed by atoms with Crippen LogP contribution in [0.15, 0.2) is 41.3 Å². The predicted octanol–water partition coefficient (Wildman–Crippen LogP) is 3.70. The fourth-order valence-electron chi connectivity index (χ4n) is 3.09. The highest BCUT2D eigenvalue weighted by molar-refractivity contribution is 7.98. The smallest absolute Gasteiger partial charge is 0.254 e. The van der Waals surface area contributed by atoms with Gasteiger partial charge >= 0.3 is 0 Å². The van der Waals surface area contributed by atoms with Crippen molar-refractivity contribution in [1.82, 2.24) is 5.32 Å². The highest BCUT2D eigenvalue weighted by atomic mass is 32.2. The van der Waals surface area contributed by atoms with Gasteiger partial charge in [0.2, 0.25) is 10.0 Å². The zero-order chi connectivity index (χ0) is 22.5. The molecule has 0 aliphatic rings. The van der Waals surface area contributed by atoms with E-state index < -0.39 is 15.9 Å². The molecule has 164 valence electrons. The Balaban J connectivity index is 2.47. The van der Waals surface area contributed by atoms with Crippen molar-refractivity contribution in [2.24, 2.45) is 0 Å². The van der Waals surface area contributed by atoms with Crippen LogP contribution in [0.25, 0.3) is 0 Å². The van der Waals surface area contributed by atoms with Crippen molar-refractivity contribution < 1.29 is 22.7 Å². The molecule has 2 aromatic rings. The number of nitrogens with zero attached hydrogens (tertiary/aromatic N) is 1. The maximum atomic E-state index is 13.2. The largest absolute Gasteiger partial charge is 0.493 e. The number of amides is 1. The van der Waals surface area contributed by atoms with Gasteiger partial charge in [-0.15, -0.1) is 11.8 Å². The molecular formula is C21H28N2O5S2. The minimum absolute atomic E-state index is 0.167.